The molecule has 18 heavy (non-hydrogen) atoms. The van der Waals surface area contributed by atoms with Gasteiger partial charge in [-0.25, -0.2) is 18.7 Å². The Morgan fingerprint density at radius 3 is 2.56 bits per heavy atom. The summed E-state index contributed by atoms with van der Waals surface area (Å²) < 4.78 is 27.4. The number of aromatic nitrogens is 2. The molecule has 1 heterocycles. The first-order chi connectivity index (χ1) is 8.52. The Balaban J connectivity index is 2.57. The summed E-state index contributed by atoms with van der Waals surface area (Å²) in [5.74, 6) is -0.534. The number of hydrogen-bond donors (Lipinski definition) is 1. The van der Waals surface area contributed by atoms with E-state index in [1.54, 1.807) is 19.2 Å². The van der Waals surface area contributed by atoms with Crippen LogP contribution in [0.5, 0.6) is 0 Å². The molecule has 0 aliphatic heterocycles. The molecule has 0 radical (unpaired) electrons. The Kier molecular flexibility index (Phi) is 3.56. The van der Waals surface area contributed by atoms with Gasteiger partial charge in [0.15, 0.2) is 17.5 Å². The summed E-state index contributed by atoms with van der Waals surface area (Å²) in [6.45, 7) is 1.54. The average molecular weight is 314 g/mol. The number of hydrogen-bond acceptors (Lipinski definition) is 3. The molecule has 1 N–H and O–H groups in total. The number of benzene rings is 1. The molecule has 0 bridgehead atoms. The summed E-state index contributed by atoms with van der Waals surface area (Å²) in [5.41, 5.74) is 0.711. The van der Waals surface area contributed by atoms with E-state index < -0.39 is 11.6 Å². The lowest BCUT2D eigenvalue weighted by Gasteiger charge is -2.07. The maximum Gasteiger partial charge on any atom is 0.186 e. The van der Waals surface area contributed by atoms with E-state index in [9.17, 15) is 8.78 Å². The van der Waals surface area contributed by atoms with Crippen LogP contribution in [0.15, 0.2) is 22.7 Å². The summed E-state index contributed by atoms with van der Waals surface area (Å²) in [7, 11) is 1.57. The van der Waals surface area contributed by atoms with Gasteiger partial charge in [-0.15, -0.1) is 0 Å². The quantitative estimate of drug-likeness (QED) is 0.921. The van der Waals surface area contributed by atoms with Gasteiger partial charge < -0.3 is 5.32 Å². The largest absolute Gasteiger partial charge is 0.371 e. The summed E-state index contributed by atoms with van der Waals surface area (Å²) >= 11 is 3.07. The van der Waals surface area contributed by atoms with Crippen LogP contribution in [0.1, 0.15) is 5.69 Å². The summed E-state index contributed by atoms with van der Waals surface area (Å²) in [6, 6.07) is 4.53. The fourth-order valence-electron chi connectivity index (χ4n) is 1.49. The zero-order chi connectivity index (χ0) is 13.3. The molecule has 0 amide bonds. The SMILES string of the molecule is CNc1nc(-c2ccc(Br)c(F)c2)nc(C)c1F. The van der Waals surface area contributed by atoms with Crippen LogP contribution in [0.2, 0.25) is 0 Å². The maximum atomic E-state index is 13.6. The Hall–Kier alpha value is -1.56. The van der Waals surface area contributed by atoms with Crippen LogP contribution in [-0.2, 0) is 0 Å². The van der Waals surface area contributed by atoms with Crippen LogP contribution in [0.3, 0.4) is 0 Å². The van der Waals surface area contributed by atoms with Gasteiger partial charge in [0.25, 0.3) is 0 Å². The molecule has 0 atom stereocenters. The highest BCUT2D eigenvalue weighted by Crippen LogP contribution is 2.24. The third-order valence-corrected chi connectivity index (χ3v) is 3.07. The van der Waals surface area contributed by atoms with Gasteiger partial charge >= 0.3 is 0 Å². The second kappa shape index (κ2) is 4.97. The number of nitrogens with one attached hydrogen (secondary N) is 1. The lowest BCUT2D eigenvalue weighted by Crippen LogP contribution is -2.03. The van der Waals surface area contributed by atoms with Crippen LogP contribution in [0.25, 0.3) is 11.4 Å². The van der Waals surface area contributed by atoms with Gasteiger partial charge in [-0.1, -0.05) is 0 Å². The first kappa shape index (κ1) is 12.9. The van der Waals surface area contributed by atoms with E-state index in [-0.39, 0.29) is 17.3 Å². The highest BCUT2D eigenvalue weighted by molar-refractivity contribution is 9.10. The fourth-order valence-corrected chi connectivity index (χ4v) is 1.74. The molecule has 0 unspecified atom stereocenters. The molecule has 1 aromatic heterocycles. The third kappa shape index (κ3) is 2.33. The fraction of sp³-hybridized carbons (Fsp3) is 0.167. The second-order valence-electron chi connectivity index (χ2n) is 3.67. The molecule has 0 saturated carbocycles. The molecule has 6 heteroatoms. The van der Waals surface area contributed by atoms with Gasteiger partial charge in [-0.3, -0.25) is 0 Å². The molecule has 2 aromatic rings. The molecule has 0 fully saturated rings. The zero-order valence-electron chi connectivity index (χ0n) is 9.76. The highest BCUT2D eigenvalue weighted by Gasteiger charge is 2.12. The minimum atomic E-state index is -0.501. The summed E-state index contributed by atoms with van der Waals surface area (Å²) in [4.78, 5) is 8.03. The highest BCUT2D eigenvalue weighted by atomic mass is 79.9. The van der Waals surface area contributed by atoms with E-state index in [1.165, 1.54) is 13.0 Å². The van der Waals surface area contributed by atoms with Crippen molar-refractivity contribution in [3.05, 3.63) is 40.0 Å². The Morgan fingerprint density at radius 2 is 1.94 bits per heavy atom. The maximum absolute atomic E-state index is 13.6. The molecule has 0 aliphatic carbocycles. The van der Waals surface area contributed by atoms with Gasteiger partial charge in [-0.2, -0.15) is 0 Å². The van der Waals surface area contributed by atoms with Crippen LogP contribution in [0, 0.1) is 18.6 Å². The molecule has 3 nitrogen and oxygen atoms in total. The number of aryl methyl sites for hydroxylation is 1. The van der Waals surface area contributed by atoms with Crippen molar-refractivity contribution < 1.29 is 8.78 Å². The van der Waals surface area contributed by atoms with Gasteiger partial charge in [0.1, 0.15) is 5.82 Å². The number of nitrogens with zero attached hydrogens (tertiary/aromatic N) is 2. The predicted molar refractivity (Wildman–Crippen MR) is 69.4 cm³/mol. The molecule has 1 aromatic carbocycles. The summed E-state index contributed by atoms with van der Waals surface area (Å²) in [5, 5.41) is 2.64. The van der Waals surface area contributed by atoms with Crippen molar-refractivity contribution in [3.63, 3.8) is 0 Å². The molecule has 0 saturated heterocycles. The lowest BCUT2D eigenvalue weighted by molar-refractivity contribution is 0.606. The lowest BCUT2D eigenvalue weighted by atomic mass is 10.2. The van der Waals surface area contributed by atoms with E-state index in [0.29, 0.717) is 10.0 Å². The Bertz CT molecular complexity index is 602. The van der Waals surface area contributed by atoms with Crippen molar-refractivity contribution in [2.24, 2.45) is 0 Å². The van der Waals surface area contributed by atoms with Crippen LogP contribution < -0.4 is 5.32 Å². The van der Waals surface area contributed by atoms with Gasteiger partial charge in [-0.05, 0) is 41.1 Å². The van der Waals surface area contributed by atoms with Crippen LogP contribution >= 0.6 is 15.9 Å². The van der Waals surface area contributed by atoms with Gasteiger partial charge in [0, 0.05) is 12.6 Å². The van der Waals surface area contributed by atoms with Crippen molar-refractivity contribution >= 4 is 21.7 Å². The van der Waals surface area contributed by atoms with Gasteiger partial charge in [0.2, 0.25) is 0 Å². The first-order valence-electron chi connectivity index (χ1n) is 5.20. The third-order valence-electron chi connectivity index (χ3n) is 2.43. The molecular weight excluding hydrogens is 304 g/mol. The first-order valence-corrected chi connectivity index (χ1v) is 5.99. The second-order valence-corrected chi connectivity index (χ2v) is 4.53. The van der Waals surface area contributed by atoms with Crippen molar-refractivity contribution in [1.82, 2.24) is 9.97 Å². The van der Waals surface area contributed by atoms with E-state index in [2.05, 4.69) is 31.2 Å². The van der Waals surface area contributed by atoms with Crippen LogP contribution in [0.4, 0.5) is 14.6 Å². The molecule has 2 rings (SSSR count). The zero-order valence-corrected chi connectivity index (χ0v) is 11.3. The minimum absolute atomic E-state index is 0.0980. The summed E-state index contributed by atoms with van der Waals surface area (Å²) in [6.07, 6.45) is 0. The molecule has 0 aliphatic rings. The minimum Gasteiger partial charge on any atom is -0.371 e. The average Bonchev–Trinajstić information content (AvgIpc) is 2.36. The normalized spacial score (nSPS) is 10.5. The van der Waals surface area contributed by atoms with Crippen molar-refractivity contribution in [1.29, 1.82) is 0 Å². The predicted octanol–water partition coefficient (Wildman–Crippen LogP) is 3.53. The van der Waals surface area contributed by atoms with Crippen LogP contribution in [-0.4, -0.2) is 17.0 Å². The smallest absolute Gasteiger partial charge is 0.186 e. The Labute approximate surface area is 111 Å². The van der Waals surface area contributed by atoms with E-state index in [4.69, 9.17) is 0 Å². The van der Waals surface area contributed by atoms with E-state index >= 15 is 0 Å². The van der Waals surface area contributed by atoms with E-state index in [1.807, 2.05) is 0 Å². The molecular formula is C12H10BrF2N3. The Morgan fingerprint density at radius 1 is 1.22 bits per heavy atom. The van der Waals surface area contributed by atoms with Crippen molar-refractivity contribution in [3.8, 4) is 11.4 Å². The monoisotopic (exact) mass is 313 g/mol. The topological polar surface area (TPSA) is 37.8 Å². The van der Waals surface area contributed by atoms with E-state index in [0.717, 1.165) is 0 Å². The molecule has 94 valence electrons. The standard InChI is InChI=1S/C12H10BrF2N3/c1-6-10(15)12(16-2)18-11(17-6)7-3-4-8(13)9(14)5-7/h3-5H,1-2H3,(H,16,17,18). The van der Waals surface area contributed by atoms with Gasteiger partial charge in [0.05, 0.1) is 10.2 Å². The number of halogens is 3. The number of anilines is 1. The van der Waals surface area contributed by atoms with Crippen molar-refractivity contribution in [2.45, 2.75) is 6.92 Å². The number of rotatable bonds is 2. The van der Waals surface area contributed by atoms with Crippen molar-refractivity contribution in [2.75, 3.05) is 12.4 Å². The molecule has 0 spiro atoms.